The summed E-state index contributed by atoms with van der Waals surface area (Å²) < 4.78 is 6.98. The Morgan fingerprint density at radius 1 is 1.42 bits per heavy atom. The number of benzene rings is 1. The number of nitrogens with zero attached hydrogens (tertiary/aromatic N) is 2. The van der Waals surface area contributed by atoms with Crippen LogP contribution in [0.5, 0.6) is 5.75 Å². The van der Waals surface area contributed by atoms with Crippen molar-refractivity contribution in [1.82, 2.24) is 15.1 Å². The average Bonchev–Trinajstić information content (AvgIpc) is 3.03. The molecule has 1 aromatic carbocycles. The maximum absolute atomic E-state index is 12.7. The molecule has 26 heavy (non-hydrogen) atoms. The average molecular weight is 377 g/mol. The number of carbonyl (C=O) groups excluding carboxylic acids is 2. The molecule has 0 aliphatic carbocycles. The standard InChI is InChI=1S/C18H21ClN4O3/c1-11(24)20-9-12-5-6-23-16(7-12)14(10-21-23)18(25)22-13-3-4-17(26-2)15(19)8-13/h3-4,8,10,12H,5-7,9H2,1-2H3,(H,20,24)(H,22,25)/t12-/m0/s1. The van der Waals surface area contributed by atoms with Gasteiger partial charge >= 0.3 is 0 Å². The molecule has 1 aliphatic rings. The highest BCUT2D eigenvalue weighted by Crippen LogP contribution is 2.28. The topological polar surface area (TPSA) is 85.2 Å². The lowest BCUT2D eigenvalue weighted by atomic mass is 9.94. The van der Waals surface area contributed by atoms with Gasteiger partial charge in [-0.05, 0) is 37.0 Å². The number of anilines is 1. The maximum atomic E-state index is 12.7. The first-order valence-corrected chi connectivity index (χ1v) is 8.79. The number of aryl methyl sites for hydroxylation is 1. The summed E-state index contributed by atoms with van der Waals surface area (Å²) in [6.45, 7) is 2.85. The van der Waals surface area contributed by atoms with E-state index in [-0.39, 0.29) is 11.8 Å². The lowest BCUT2D eigenvalue weighted by Gasteiger charge is -2.24. The molecular formula is C18H21ClN4O3. The fourth-order valence-electron chi connectivity index (χ4n) is 3.09. The van der Waals surface area contributed by atoms with Gasteiger partial charge in [0.25, 0.3) is 5.91 Å². The predicted molar refractivity (Wildman–Crippen MR) is 98.7 cm³/mol. The Kier molecular flexibility index (Phi) is 5.46. The SMILES string of the molecule is COc1ccc(NC(=O)c2cnn3c2C[C@@H](CNC(C)=O)CC3)cc1Cl. The highest BCUT2D eigenvalue weighted by atomic mass is 35.5. The molecule has 2 N–H and O–H groups in total. The predicted octanol–water partition coefficient (Wildman–Crippen LogP) is 2.50. The number of rotatable bonds is 5. The van der Waals surface area contributed by atoms with Crippen molar-refractivity contribution in [3.8, 4) is 5.75 Å². The summed E-state index contributed by atoms with van der Waals surface area (Å²) in [7, 11) is 1.54. The van der Waals surface area contributed by atoms with Gasteiger partial charge in [-0.2, -0.15) is 5.10 Å². The Balaban J connectivity index is 1.72. The van der Waals surface area contributed by atoms with E-state index in [1.807, 2.05) is 4.68 Å². The summed E-state index contributed by atoms with van der Waals surface area (Å²) in [6, 6.07) is 5.08. The van der Waals surface area contributed by atoms with Crippen LogP contribution >= 0.6 is 11.6 Å². The molecule has 2 aromatic rings. The number of hydrogen-bond donors (Lipinski definition) is 2. The fraction of sp³-hybridized carbons (Fsp3) is 0.389. The molecule has 1 atom stereocenters. The number of hydrogen-bond acceptors (Lipinski definition) is 4. The van der Waals surface area contributed by atoms with Crippen molar-refractivity contribution >= 4 is 29.1 Å². The highest BCUT2D eigenvalue weighted by molar-refractivity contribution is 6.32. The van der Waals surface area contributed by atoms with E-state index in [0.29, 0.717) is 40.9 Å². The summed E-state index contributed by atoms with van der Waals surface area (Å²) in [6.07, 6.45) is 3.22. The minimum absolute atomic E-state index is 0.0431. The first kappa shape index (κ1) is 18.3. The Labute approximate surface area is 156 Å². The number of amides is 2. The van der Waals surface area contributed by atoms with E-state index in [1.165, 1.54) is 14.0 Å². The largest absolute Gasteiger partial charge is 0.495 e. The molecule has 2 heterocycles. The van der Waals surface area contributed by atoms with Crippen LogP contribution in [-0.4, -0.2) is 35.2 Å². The fourth-order valence-corrected chi connectivity index (χ4v) is 3.35. The third-order valence-electron chi connectivity index (χ3n) is 4.47. The van der Waals surface area contributed by atoms with Crippen molar-refractivity contribution in [3.63, 3.8) is 0 Å². The summed E-state index contributed by atoms with van der Waals surface area (Å²) in [5.74, 6) is 0.574. The molecule has 7 nitrogen and oxygen atoms in total. The quantitative estimate of drug-likeness (QED) is 0.839. The van der Waals surface area contributed by atoms with Crippen LogP contribution in [0.3, 0.4) is 0 Å². The van der Waals surface area contributed by atoms with Crippen LogP contribution in [0, 0.1) is 5.92 Å². The molecule has 1 aliphatic heterocycles. The second kappa shape index (κ2) is 7.78. The van der Waals surface area contributed by atoms with Crippen molar-refractivity contribution in [2.75, 3.05) is 19.0 Å². The normalized spacial score (nSPS) is 15.9. The third-order valence-corrected chi connectivity index (χ3v) is 4.77. The molecule has 8 heteroatoms. The van der Waals surface area contributed by atoms with Crippen molar-refractivity contribution in [3.05, 3.63) is 40.7 Å². The van der Waals surface area contributed by atoms with E-state index in [4.69, 9.17) is 16.3 Å². The number of carbonyl (C=O) groups is 2. The van der Waals surface area contributed by atoms with E-state index in [9.17, 15) is 9.59 Å². The Morgan fingerprint density at radius 3 is 2.92 bits per heavy atom. The van der Waals surface area contributed by atoms with Gasteiger partial charge < -0.3 is 15.4 Å². The van der Waals surface area contributed by atoms with E-state index < -0.39 is 0 Å². The Hall–Kier alpha value is -2.54. The molecule has 0 unspecified atom stereocenters. The zero-order valence-corrected chi connectivity index (χ0v) is 15.5. The van der Waals surface area contributed by atoms with Crippen LogP contribution in [0.1, 0.15) is 29.4 Å². The summed E-state index contributed by atoms with van der Waals surface area (Å²) in [5, 5.41) is 10.4. The summed E-state index contributed by atoms with van der Waals surface area (Å²) in [5.41, 5.74) is 2.03. The molecule has 0 saturated heterocycles. The van der Waals surface area contributed by atoms with Gasteiger partial charge in [-0.25, -0.2) is 0 Å². The van der Waals surface area contributed by atoms with Gasteiger partial charge in [0, 0.05) is 25.7 Å². The molecule has 2 amide bonds. The van der Waals surface area contributed by atoms with E-state index in [1.54, 1.807) is 24.4 Å². The van der Waals surface area contributed by atoms with E-state index in [0.717, 1.165) is 18.7 Å². The van der Waals surface area contributed by atoms with Gasteiger partial charge in [0.2, 0.25) is 5.91 Å². The molecule has 138 valence electrons. The van der Waals surface area contributed by atoms with Crippen LogP contribution in [0.4, 0.5) is 5.69 Å². The van der Waals surface area contributed by atoms with Crippen LogP contribution in [0.2, 0.25) is 5.02 Å². The molecule has 0 bridgehead atoms. The van der Waals surface area contributed by atoms with Crippen LogP contribution in [-0.2, 0) is 17.8 Å². The lowest BCUT2D eigenvalue weighted by Crippen LogP contribution is -2.32. The highest BCUT2D eigenvalue weighted by Gasteiger charge is 2.25. The van der Waals surface area contributed by atoms with Gasteiger partial charge in [-0.15, -0.1) is 0 Å². The van der Waals surface area contributed by atoms with Crippen LogP contribution in [0.15, 0.2) is 24.4 Å². The molecule has 0 saturated carbocycles. The van der Waals surface area contributed by atoms with Crippen molar-refractivity contribution in [1.29, 1.82) is 0 Å². The molecule has 1 aromatic heterocycles. The van der Waals surface area contributed by atoms with E-state index >= 15 is 0 Å². The Bertz CT molecular complexity index is 834. The smallest absolute Gasteiger partial charge is 0.259 e. The first-order valence-electron chi connectivity index (χ1n) is 8.42. The number of fused-ring (bicyclic) bond motifs is 1. The lowest BCUT2D eigenvalue weighted by molar-refractivity contribution is -0.119. The van der Waals surface area contributed by atoms with Crippen LogP contribution < -0.4 is 15.4 Å². The molecule has 3 rings (SSSR count). The van der Waals surface area contributed by atoms with Gasteiger partial charge in [0.1, 0.15) is 5.75 Å². The van der Waals surface area contributed by atoms with Gasteiger partial charge in [-0.1, -0.05) is 11.6 Å². The van der Waals surface area contributed by atoms with Crippen LogP contribution in [0.25, 0.3) is 0 Å². The number of aromatic nitrogens is 2. The number of halogens is 1. The Morgan fingerprint density at radius 2 is 2.23 bits per heavy atom. The molecule has 0 radical (unpaired) electrons. The van der Waals surface area contributed by atoms with Crippen molar-refractivity contribution in [2.45, 2.75) is 26.3 Å². The van der Waals surface area contributed by atoms with Gasteiger partial charge in [0.05, 0.1) is 29.6 Å². The number of methoxy groups -OCH3 is 1. The maximum Gasteiger partial charge on any atom is 0.259 e. The molecule has 0 fully saturated rings. The minimum atomic E-state index is -0.229. The van der Waals surface area contributed by atoms with Gasteiger partial charge in [-0.3, -0.25) is 14.3 Å². The minimum Gasteiger partial charge on any atom is -0.495 e. The third kappa shape index (κ3) is 3.99. The van der Waals surface area contributed by atoms with Gasteiger partial charge in [0.15, 0.2) is 0 Å². The number of ether oxygens (including phenoxy) is 1. The van der Waals surface area contributed by atoms with Crippen molar-refractivity contribution in [2.24, 2.45) is 5.92 Å². The zero-order chi connectivity index (χ0) is 18.7. The molecular weight excluding hydrogens is 356 g/mol. The van der Waals surface area contributed by atoms with E-state index in [2.05, 4.69) is 15.7 Å². The molecule has 0 spiro atoms. The first-order chi connectivity index (χ1) is 12.5. The second-order valence-electron chi connectivity index (χ2n) is 6.33. The number of nitrogens with one attached hydrogen (secondary N) is 2. The second-order valence-corrected chi connectivity index (χ2v) is 6.73. The van der Waals surface area contributed by atoms with Crippen molar-refractivity contribution < 1.29 is 14.3 Å². The monoisotopic (exact) mass is 376 g/mol. The summed E-state index contributed by atoms with van der Waals surface area (Å²) >= 11 is 6.11. The zero-order valence-electron chi connectivity index (χ0n) is 14.7. The summed E-state index contributed by atoms with van der Waals surface area (Å²) in [4.78, 5) is 23.8.